The van der Waals surface area contributed by atoms with E-state index in [2.05, 4.69) is 23.2 Å². The molecule has 0 aromatic carbocycles. The highest BCUT2D eigenvalue weighted by Gasteiger charge is 2.33. The summed E-state index contributed by atoms with van der Waals surface area (Å²) in [6.45, 7) is 2.93. The molecule has 0 bridgehead atoms. The maximum atomic E-state index is 11.6. The van der Waals surface area contributed by atoms with E-state index in [1.54, 1.807) is 0 Å². The van der Waals surface area contributed by atoms with E-state index in [0.29, 0.717) is 12.3 Å². The molecule has 0 aliphatic rings. The topological polar surface area (TPSA) is 143 Å². The molecule has 4 N–H and O–H groups in total. The lowest BCUT2D eigenvalue weighted by molar-refractivity contribution is -0.157. The molecular formula is C14H27BO9. The summed E-state index contributed by atoms with van der Waals surface area (Å²) in [5.41, 5.74) is 0. The minimum absolute atomic E-state index is 0.234. The lowest BCUT2D eigenvalue weighted by atomic mass is 10.1. The van der Waals surface area contributed by atoms with Crippen LogP contribution in [0, 0.1) is 5.92 Å². The summed E-state index contributed by atoms with van der Waals surface area (Å²) in [4.78, 5) is 22.7. The SMILES string of the molecule is CC(C)CCCCCOC(CO)C(=O)OB(O)OC(=O)C(O)CO. The molecule has 140 valence electrons. The molecule has 2 atom stereocenters. The molecule has 2 unspecified atom stereocenters. The summed E-state index contributed by atoms with van der Waals surface area (Å²) in [5, 5.41) is 35.8. The molecular weight excluding hydrogens is 323 g/mol. The minimum atomic E-state index is -2.27. The maximum absolute atomic E-state index is 11.6. The van der Waals surface area contributed by atoms with Gasteiger partial charge in [-0.3, -0.25) is 9.59 Å². The van der Waals surface area contributed by atoms with Crippen molar-refractivity contribution in [2.75, 3.05) is 19.8 Å². The van der Waals surface area contributed by atoms with E-state index >= 15 is 0 Å². The largest absolute Gasteiger partial charge is 0.789 e. The van der Waals surface area contributed by atoms with E-state index in [0.717, 1.165) is 19.3 Å². The average molecular weight is 350 g/mol. The Kier molecular flexibility index (Phi) is 12.5. The van der Waals surface area contributed by atoms with Crippen molar-refractivity contribution in [1.82, 2.24) is 0 Å². The Bertz CT molecular complexity index is 364. The first-order valence-electron chi connectivity index (χ1n) is 7.92. The van der Waals surface area contributed by atoms with E-state index in [1.165, 1.54) is 0 Å². The first kappa shape index (κ1) is 22.8. The molecule has 0 rings (SSSR count). The highest BCUT2D eigenvalue weighted by molar-refractivity contribution is 6.40. The molecule has 0 saturated heterocycles. The third-order valence-electron chi connectivity index (χ3n) is 3.05. The van der Waals surface area contributed by atoms with Gasteiger partial charge in [0.25, 0.3) is 0 Å². The smallest absolute Gasteiger partial charge is 0.472 e. The zero-order valence-corrected chi connectivity index (χ0v) is 14.1. The Balaban J connectivity index is 4.05. The van der Waals surface area contributed by atoms with E-state index in [1.807, 2.05) is 0 Å². The van der Waals surface area contributed by atoms with Gasteiger partial charge < -0.3 is 34.4 Å². The average Bonchev–Trinajstić information content (AvgIpc) is 2.52. The lowest BCUT2D eigenvalue weighted by Gasteiger charge is -2.16. The zero-order chi connectivity index (χ0) is 18.5. The van der Waals surface area contributed by atoms with Crippen LogP contribution < -0.4 is 0 Å². The molecule has 0 aromatic rings. The molecule has 10 heteroatoms. The normalized spacial score (nSPS) is 13.5. The van der Waals surface area contributed by atoms with Gasteiger partial charge in [0.1, 0.15) is 0 Å². The molecule has 0 amide bonds. The second-order valence-electron chi connectivity index (χ2n) is 5.66. The standard InChI is InChI=1S/C14H27BO9/c1-10(2)6-4-3-5-7-22-12(9-17)14(20)24-15(21)23-13(19)11(18)8-16/h10-12,16-18,21H,3-9H2,1-2H3. The Labute approximate surface area is 141 Å². The van der Waals surface area contributed by atoms with Gasteiger partial charge in [-0.25, -0.2) is 0 Å². The van der Waals surface area contributed by atoms with Gasteiger partial charge >= 0.3 is 19.3 Å². The van der Waals surface area contributed by atoms with E-state index in [-0.39, 0.29) is 6.61 Å². The molecule has 9 nitrogen and oxygen atoms in total. The van der Waals surface area contributed by atoms with E-state index < -0.39 is 44.7 Å². The maximum Gasteiger partial charge on any atom is 0.789 e. The number of unbranched alkanes of at least 4 members (excludes halogenated alkanes) is 2. The first-order chi connectivity index (χ1) is 11.3. The zero-order valence-electron chi connectivity index (χ0n) is 14.1. The van der Waals surface area contributed by atoms with Crippen LogP contribution in [0.5, 0.6) is 0 Å². The van der Waals surface area contributed by atoms with Crippen molar-refractivity contribution in [2.45, 2.75) is 51.7 Å². The summed E-state index contributed by atoms with van der Waals surface area (Å²) in [6.07, 6.45) is 0.599. The number of rotatable bonds is 13. The predicted molar refractivity (Wildman–Crippen MR) is 83.4 cm³/mol. The number of ether oxygens (including phenoxy) is 1. The summed E-state index contributed by atoms with van der Waals surface area (Å²) >= 11 is 0. The summed E-state index contributed by atoms with van der Waals surface area (Å²) < 4.78 is 13.7. The van der Waals surface area contributed by atoms with Gasteiger partial charge in [0.05, 0.1) is 13.2 Å². The van der Waals surface area contributed by atoms with Crippen LogP contribution in [-0.2, 0) is 23.6 Å². The molecule has 0 aliphatic carbocycles. The summed E-state index contributed by atoms with van der Waals surface area (Å²) in [5.74, 6) is -1.84. The fraction of sp³-hybridized carbons (Fsp3) is 0.857. The van der Waals surface area contributed by atoms with Crippen LogP contribution in [0.3, 0.4) is 0 Å². The number of hydrogen-bond acceptors (Lipinski definition) is 9. The molecule has 0 saturated carbocycles. The Morgan fingerprint density at radius 2 is 1.62 bits per heavy atom. The molecule has 0 aromatic heterocycles. The third-order valence-corrected chi connectivity index (χ3v) is 3.05. The number of carbonyl (C=O) groups is 2. The third kappa shape index (κ3) is 10.6. The molecule has 0 aliphatic heterocycles. The molecule has 24 heavy (non-hydrogen) atoms. The van der Waals surface area contributed by atoms with E-state index in [4.69, 9.17) is 20.1 Å². The van der Waals surface area contributed by atoms with Gasteiger partial charge in [0.2, 0.25) is 0 Å². The second kappa shape index (κ2) is 13.1. The van der Waals surface area contributed by atoms with Crippen LogP contribution in [0.25, 0.3) is 0 Å². The fourth-order valence-corrected chi connectivity index (χ4v) is 1.70. The highest BCUT2D eigenvalue weighted by atomic mass is 16.7. The van der Waals surface area contributed by atoms with Crippen LogP contribution in [-0.4, -0.2) is 71.6 Å². The van der Waals surface area contributed by atoms with E-state index in [9.17, 15) is 14.6 Å². The van der Waals surface area contributed by atoms with Crippen LogP contribution in [0.2, 0.25) is 0 Å². The number of carbonyl (C=O) groups excluding carboxylic acids is 2. The van der Waals surface area contributed by atoms with Crippen molar-refractivity contribution in [1.29, 1.82) is 0 Å². The Morgan fingerprint density at radius 1 is 1.00 bits per heavy atom. The number of aliphatic hydroxyl groups excluding tert-OH is 3. The summed E-state index contributed by atoms with van der Waals surface area (Å²) in [6, 6.07) is 0. The summed E-state index contributed by atoms with van der Waals surface area (Å²) in [7, 11) is -2.27. The van der Waals surface area contributed by atoms with Crippen molar-refractivity contribution in [3.63, 3.8) is 0 Å². The first-order valence-corrected chi connectivity index (χ1v) is 7.92. The number of aliphatic hydroxyl groups is 3. The van der Waals surface area contributed by atoms with Gasteiger partial charge in [-0.05, 0) is 12.3 Å². The van der Waals surface area contributed by atoms with Crippen LogP contribution in [0.15, 0.2) is 0 Å². The fourth-order valence-electron chi connectivity index (χ4n) is 1.70. The van der Waals surface area contributed by atoms with Crippen molar-refractivity contribution < 1.29 is 44.0 Å². The molecule has 0 spiro atoms. The van der Waals surface area contributed by atoms with Gasteiger partial charge in [-0.1, -0.05) is 33.1 Å². The second-order valence-corrected chi connectivity index (χ2v) is 5.66. The quantitative estimate of drug-likeness (QED) is 0.243. The van der Waals surface area contributed by atoms with Gasteiger partial charge in [-0.15, -0.1) is 0 Å². The lowest BCUT2D eigenvalue weighted by Crippen LogP contribution is -2.40. The van der Waals surface area contributed by atoms with Crippen LogP contribution in [0.1, 0.15) is 39.5 Å². The van der Waals surface area contributed by atoms with Gasteiger partial charge in [0, 0.05) is 6.61 Å². The van der Waals surface area contributed by atoms with Gasteiger partial charge in [-0.2, -0.15) is 0 Å². The minimum Gasteiger partial charge on any atom is -0.472 e. The van der Waals surface area contributed by atoms with Crippen molar-refractivity contribution in [2.24, 2.45) is 5.92 Å². The Hall–Kier alpha value is -1.20. The van der Waals surface area contributed by atoms with Crippen molar-refractivity contribution in [3.05, 3.63) is 0 Å². The number of hydrogen-bond donors (Lipinski definition) is 4. The molecule has 0 fully saturated rings. The van der Waals surface area contributed by atoms with Crippen molar-refractivity contribution in [3.8, 4) is 0 Å². The Morgan fingerprint density at radius 3 is 2.17 bits per heavy atom. The van der Waals surface area contributed by atoms with Gasteiger partial charge in [0.15, 0.2) is 12.2 Å². The van der Waals surface area contributed by atoms with Crippen molar-refractivity contribution >= 4 is 19.3 Å². The van der Waals surface area contributed by atoms with Crippen LogP contribution >= 0.6 is 0 Å². The monoisotopic (exact) mass is 350 g/mol. The molecule has 0 heterocycles. The molecule has 0 radical (unpaired) electrons. The highest BCUT2D eigenvalue weighted by Crippen LogP contribution is 2.08. The predicted octanol–water partition coefficient (Wildman–Crippen LogP) is -1.00. The van der Waals surface area contributed by atoms with Crippen LogP contribution in [0.4, 0.5) is 0 Å².